The summed E-state index contributed by atoms with van der Waals surface area (Å²) in [5.41, 5.74) is 8.95. The van der Waals surface area contributed by atoms with Gasteiger partial charge in [0.1, 0.15) is 5.82 Å². The van der Waals surface area contributed by atoms with Crippen LogP contribution in [0, 0.1) is 19.7 Å². The van der Waals surface area contributed by atoms with Crippen molar-refractivity contribution in [3.05, 3.63) is 58.9 Å². The average molecular weight is 261 g/mol. The molecule has 94 valence electrons. The highest BCUT2D eigenvalue weighted by molar-refractivity contribution is 7.98. The zero-order valence-electron chi connectivity index (χ0n) is 10.5. The molecule has 0 aromatic heterocycles. The van der Waals surface area contributed by atoms with Gasteiger partial charge in [-0.1, -0.05) is 18.2 Å². The molecular weight excluding hydrogens is 245 g/mol. The minimum Gasteiger partial charge on any atom is -0.396 e. The Morgan fingerprint density at radius 2 is 1.89 bits per heavy atom. The number of thioether (sulfide) groups is 1. The third-order valence-electron chi connectivity index (χ3n) is 2.98. The normalized spacial score (nSPS) is 10.6. The molecule has 0 radical (unpaired) electrons. The highest BCUT2D eigenvalue weighted by atomic mass is 32.2. The Balaban J connectivity index is 2.11. The molecule has 2 aromatic rings. The quantitative estimate of drug-likeness (QED) is 0.658. The van der Waals surface area contributed by atoms with Gasteiger partial charge in [-0.3, -0.25) is 0 Å². The van der Waals surface area contributed by atoms with Crippen molar-refractivity contribution in [1.82, 2.24) is 0 Å². The summed E-state index contributed by atoms with van der Waals surface area (Å²) in [4.78, 5) is 1.15. The zero-order valence-corrected chi connectivity index (χ0v) is 11.4. The first kappa shape index (κ1) is 13.0. The molecule has 0 atom stereocenters. The average Bonchev–Trinajstić information content (AvgIpc) is 2.35. The number of nitrogens with two attached hydrogens (primary N) is 1. The van der Waals surface area contributed by atoms with Gasteiger partial charge in [0, 0.05) is 16.2 Å². The molecule has 0 heterocycles. The van der Waals surface area contributed by atoms with Crippen LogP contribution in [0.4, 0.5) is 10.1 Å². The summed E-state index contributed by atoms with van der Waals surface area (Å²) in [5, 5.41) is 0. The number of rotatable bonds is 3. The molecule has 0 saturated heterocycles. The number of benzene rings is 2. The molecule has 0 bridgehead atoms. The van der Waals surface area contributed by atoms with E-state index in [9.17, 15) is 4.39 Å². The standard InChI is InChI=1S/C15H16FNS/c1-10-6-7-13(8-11(10)2)18-9-12-4-3-5-14(17)15(12)16/h3-8H,9,17H2,1-2H3. The van der Waals surface area contributed by atoms with Crippen LogP contribution in [0.1, 0.15) is 16.7 Å². The molecule has 2 aromatic carbocycles. The second kappa shape index (κ2) is 5.44. The second-order valence-corrected chi connectivity index (χ2v) is 5.40. The van der Waals surface area contributed by atoms with Gasteiger partial charge in [0.15, 0.2) is 0 Å². The molecule has 2 rings (SSSR count). The van der Waals surface area contributed by atoms with E-state index >= 15 is 0 Å². The maximum Gasteiger partial charge on any atom is 0.150 e. The van der Waals surface area contributed by atoms with Crippen molar-refractivity contribution in [2.24, 2.45) is 0 Å². The lowest BCUT2D eigenvalue weighted by atomic mass is 10.1. The van der Waals surface area contributed by atoms with Crippen LogP contribution in [0.15, 0.2) is 41.3 Å². The van der Waals surface area contributed by atoms with Gasteiger partial charge in [0.25, 0.3) is 0 Å². The first-order chi connectivity index (χ1) is 8.58. The number of hydrogen-bond donors (Lipinski definition) is 1. The van der Waals surface area contributed by atoms with E-state index in [2.05, 4.69) is 32.0 Å². The number of aryl methyl sites for hydroxylation is 2. The smallest absolute Gasteiger partial charge is 0.150 e. The lowest BCUT2D eigenvalue weighted by Gasteiger charge is -2.07. The van der Waals surface area contributed by atoms with Crippen LogP contribution in [0.25, 0.3) is 0 Å². The fourth-order valence-electron chi connectivity index (χ4n) is 1.68. The molecule has 0 saturated carbocycles. The maximum absolute atomic E-state index is 13.7. The molecule has 1 nitrogen and oxygen atoms in total. The van der Waals surface area contributed by atoms with E-state index in [-0.39, 0.29) is 11.5 Å². The minimum absolute atomic E-state index is 0.216. The van der Waals surface area contributed by atoms with Crippen molar-refractivity contribution in [1.29, 1.82) is 0 Å². The fourth-order valence-corrected chi connectivity index (χ4v) is 2.65. The van der Waals surface area contributed by atoms with E-state index in [1.165, 1.54) is 11.1 Å². The van der Waals surface area contributed by atoms with Crippen molar-refractivity contribution in [3.8, 4) is 0 Å². The van der Waals surface area contributed by atoms with E-state index < -0.39 is 0 Å². The topological polar surface area (TPSA) is 26.0 Å². The van der Waals surface area contributed by atoms with Crippen molar-refractivity contribution in [2.75, 3.05) is 5.73 Å². The van der Waals surface area contributed by atoms with Crippen LogP contribution in [0.3, 0.4) is 0 Å². The Kier molecular flexibility index (Phi) is 3.92. The second-order valence-electron chi connectivity index (χ2n) is 4.36. The predicted octanol–water partition coefficient (Wildman–Crippen LogP) is 4.32. The van der Waals surface area contributed by atoms with E-state index in [4.69, 9.17) is 5.73 Å². The minimum atomic E-state index is -0.297. The van der Waals surface area contributed by atoms with E-state index in [1.807, 2.05) is 0 Å². The van der Waals surface area contributed by atoms with Crippen LogP contribution >= 0.6 is 11.8 Å². The van der Waals surface area contributed by atoms with Crippen LogP contribution in [0.5, 0.6) is 0 Å². The van der Waals surface area contributed by atoms with Crippen LogP contribution in [-0.2, 0) is 5.75 Å². The Morgan fingerprint density at radius 3 is 2.61 bits per heavy atom. The number of nitrogen functional groups attached to an aromatic ring is 1. The van der Waals surface area contributed by atoms with E-state index in [1.54, 1.807) is 30.0 Å². The van der Waals surface area contributed by atoms with Gasteiger partial charge in [0.05, 0.1) is 5.69 Å². The Bertz CT molecular complexity index is 566. The lowest BCUT2D eigenvalue weighted by Crippen LogP contribution is -1.95. The van der Waals surface area contributed by atoms with E-state index in [0.717, 1.165) is 4.90 Å². The lowest BCUT2D eigenvalue weighted by molar-refractivity contribution is 0.622. The van der Waals surface area contributed by atoms with Crippen LogP contribution < -0.4 is 5.73 Å². The first-order valence-electron chi connectivity index (χ1n) is 5.81. The summed E-state index contributed by atoms with van der Waals surface area (Å²) in [5.74, 6) is 0.299. The Morgan fingerprint density at radius 1 is 1.11 bits per heavy atom. The van der Waals surface area contributed by atoms with Crippen molar-refractivity contribution < 1.29 is 4.39 Å². The highest BCUT2D eigenvalue weighted by Crippen LogP contribution is 2.27. The highest BCUT2D eigenvalue weighted by Gasteiger charge is 2.06. The van der Waals surface area contributed by atoms with Gasteiger partial charge in [-0.15, -0.1) is 11.8 Å². The summed E-state index contributed by atoms with van der Waals surface area (Å²) in [7, 11) is 0. The van der Waals surface area contributed by atoms with Gasteiger partial charge in [0.2, 0.25) is 0 Å². The van der Waals surface area contributed by atoms with Crippen molar-refractivity contribution in [2.45, 2.75) is 24.5 Å². The summed E-state index contributed by atoms with van der Waals surface area (Å²) >= 11 is 1.62. The zero-order chi connectivity index (χ0) is 13.1. The molecule has 0 aliphatic rings. The number of hydrogen-bond acceptors (Lipinski definition) is 2. The summed E-state index contributed by atoms with van der Waals surface area (Å²) in [6.07, 6.45) is 0. The largest absolute Gasteiger partial charge is 0.396 e. The van der Waals surface area contributed by atoms with Crippen LogP contribution in [-0.4, -0.2) is 0 Å². The summed E-state index contributed by atoms with van der Waals surface area (Å²) in [6.45, 7) is 4.17. The fraction of sp³-hybridized carbons (Fsp3) is 0.200. The molecule has 0 aliphatic heterocycles. The molecule has 0 fully saturated rings. The molecule has 0 amide bonds. The monoisotopic (exact) mass is 261 g/mol. The van der Waals surface area contributed by atoms with Crippen molar-refractivity contribution >= 4 is 17.4 Å². The van der Waals surface area contributed by atoms with Gasteiger partial charge >= 0.3 is 0 Å². The van der Waals surface area contributed by atoms with Crippen molar-refractivity contribution in [3.63, 3.8) is 0 Å². The first-order valence-corrected chi connectivity index (χ1v) is 6.79. The Hall–Kier alpha value is -1.48. The molecular formula is C15H16FNS. The predicted molar refractivity (Wildman–Crippen MR) is 76.3 cm³/mol. The SMILES string of the molecule is Cc1ccc(SCc2cccc(N)c2F)cc1C. The summed E-state index contributed by atoms with van der Waals surface area (Å²) in [6, 6.07) is 11.4. The number of anilines is 1. The van der Waals surface area contributed by atoms with E-state index in [0.29, 0.717) is 11.3 Å². The summed E-state index contributed by atoms with van der Waals surface area (Å²) < 4.78 is 13.7. The molecule has 18 heavy (non-hydrogen) atoms. The maximum atomic E-state index is 13.7. The molecule has 3 heteroatoms. The molecule has 0 spiro atoms. The van der Waals surface area contributed by atoms with Gasteiger partial charge in [-0.2, -0.15) is 0 Å². The van der Waals surface area contributed by atoms with Gasteiger partial charge in [-0.25, -0.2) is 4.39 Å². The molecule has 0 aliphatic carbocycles. The molecule has 0 unspecified atom stereocenters. The Labute approximate surface area is 111 Å². The van der Waals surface area contributed by atoms with Gasteiger partial charge in [-0.05, 0) is 43.2 Å². The third kappa shape index (κ3) is 2.85. The molecule has 2 N–H and O–H groups in total. The third-order valence-corrected chi connectivity index (χ3v) is 4.02. The van der Waals surface area contributed by atoms with Crippen LogP contribution in [0.2, 0.25) is 0 Å². The van der Waals surface area contributed by atoms with Gasteiger partial charge < -0.3 is 5.73 Å². The number of halogens is 1.